The Morgan fingerprint density at radius 3 is 2.50 bits per heavy atom. The van der Waals surface area contributed by atoms with E-state index in [0.29, 0.717) is 0 Å². The molecule has 4 heteroatoms. The van der Waals surface area contributed by atoms with Crippen LogP contribution in [0.4, 0.5) is 5.69 Å². The van der Waals surface area contributed by atoms with Crippen molar-refractivity contribution in [2.45, 2.75) is 25.8 Å². The van der Waals surface area contributed by atoms with E-state index in [2.05, 4.69) is 16.7 Å². The van der Waals surface area contributed by atoms with E-state index in [-0.39, 0.29) is 18.3 Å². The van der Waals surface area contributed by atoms with Gasteiger partial charge in [0.05, 0.1) is 0 Å². The maximum absolute atomic E-state index is 12.3. The third-order valence-corrected chi connectivity index (χ3v) is 3.95. The zero-order chi connectivity index (χ0) is 14.7. The number of nitrogens with one attached hydrogen (secondary N) is 2. The van der Waals surface area contributed by atoms with E-state index < -0.39 is 0 Å². The number of hydrogen-bond acceptors (Lipinski definition) is 2. The van der Waals surface area contributed by atoms with Crippen LogP contribution >= 0.6 is 12.4 Å². The van der Waals surface area contributed by atoms with Crippen molar-refractivity contribution in [1.29, 1.82) is 0 Å². The Hall–Kier alpha value is -1.84. The van der Waals surface area contributed by atoms with Crippen LogP contribution in [0.25, 0.3) is 0 Å². The van der Waals surface area contributed by atoms with Crippen LogP contribution in [0.2, 0.25) is 0 Å². The van der Waals surface area contributed by atoms with Gasteiger partial charge in [0.25, 0.3) is 5.91 Å². The van der Waals surface area contributed by atoms with Gasteiger partial charge in [0.15, 0.2) is 0 Å². The molecule has 22 heavy (non-hydrogen) atoms. The van der Waals surface area contributed by atoms with Gasteiger partial charge in [0, 0.05) is 17.8 Å². The first kappa shape index (κ1) is 16.5. The SMILES string of the molecule is CNCc1ccc(NC(=O)c2ccc3c(c2)CCC3)cc1.Cl. The fraction of sp³-hybridized carbons (Fsp3) is 0.278. The topological polar surface area (TPSA) is 41.1 Å². The van der Waals surface area contributed by atoms with Crippen LogP contribution in [-0.2, 0) is 19.4 Å². The highest BCUT2D eigenvalue weighted by Gasteiger charge is 2.13. The van der Waals surface area contributed by atoms with Gasteiger partial charge in [-0.15, -0.1) is 12.4 Å². The Bertz CT molecular complexity index is 653. The molecule has 1 aliphatic rings. The van der Waals surface area contributed by atoms with Crippen LogP contribution in [0.3, 0.4) is 0 Å². The molecule has 0 unspecified atom stereocenters. The molecule has 0 atom stereocenters. The first-order valence-corrected chi connectivity index (χ1v) is 7.43. The number of amides is 1. The lowest BCUT2D eigenvalue weighted by Gasteiger charge is -2.08. The summed E-state index contributed by atoms with van der Waals surface area (Å²) in [7, 11) is 1.92. The molecule has 0 aliphatic heterocycles. The van der Waals surface area contributed by atoms with Gasteiger partial charge in [-0.3, -0.25) is 4.79 Å². The first-order chi connectivity index (χ1) is 10.3. The van der Waals surface area contributed by atoms with Gasteiger partial charge >= 0.3 is 0 Å². The Balaban J connectivity index is 0.00000176. The molecule has 2 aromatic carbocycles. The van der Waals surface area contributed by atoms with Gasteiger partial charge in [-0.2, -0.15) is 0 Å². The Morgan fingerprint density at radius 2 is 1.77 bits per heavy atom. The number of aryl methyl sites for hydroxylation is 2. The van der Waals surface area contributed by atoms with E-state index in [4.69, 9.17) is 0 Å². The summed E-state index contributed by atoms with van der Waals surface area (Å²) in [5.41, 5.74) is 5.50. The van der Waals surface area contributed by atoms with Crippen LogP contribution in [-0.4, -0.2) is 13.0 Å². The van der Waals surface area contributed by atoms with Gasteiger partial charge in [0.1, 0.15) is 0 Å². The normalized spacial score (nSPS) is 12.4. The standard InChI is InChI=1S/C18H20N2O.ClH/c1-19-12-13-5-9-17(10-6-13)20-18(21)16-8-7-14-3-2-4-15(14)11-16;/h5-11,19H,2-4,12H2,1H3,(H,20,21);1H. The highest BCUT2D eigenvalue weighted by Crippen LogP contribution is 2.23. The highest BCUT2D eigenvalue weighted by atomic mass is 35.5. The summed E-state index contributed by atoms with van der Waals surface area (Å²) < 4.78 is 0. The minimum atomic E-state index is -0.0360. The van der Waals surface area contributed by atoms with Crippen molar-refractivity contribution in [3.8, 4) is 0 Å². The molecule has 0 fully saturated rings. The Morgan fingerprint density at radius 1 is 1.05 bits per heavy atom. The molecule has 1 amide bonds. The van der Waals surface area contributed by atoms with Crippen LogP contribution in [0, 0.1) is 0 Å². The molecule has 0 bridgehead atoms. The molecule has 2 N–H and O–H groups in total. The Labute approximate surface area is 137 Å². The molecule has 2 aromatic rings. The highest BCUT2D eigenvalue weighted by molar-refractivity contribution is 6.04. The molecule has 0 heterocycles. The fourth-order valence-corrected chi connectivity index (χ4v) is 2.83. The van der Waals surface area contributed by atoms with Crippen LogP contribution in [0.15, 0.2) is 42.5 Å². The molecule has 0 saturated carbocycles. The van der Waals surface area contributed by atoms with E-state index >= 15 is 0 Å². The lowest BCUT2D eigenvalue weighted by atomic mass is 10.1. The molecule has 0 aromatic heterocycles. The number of carbonyl (C=O) groups excluding carboxylic acids is 1. The van der Waals surface area contributed by atoms with Crippen molar-refractivity contribution in [2.24, 2.45) is 0 Å². The molecule has 0 spiro atoms. The van der Waals surface area contributed by atoms with Crippen molar-refractivity contribution in [1.82, 2.24) is 5.32 Å². The molecular weight excluding hydrogens is 296 g/mol. The molecule has 3 nitrogen and oxygen atoms in total. The largest absolute Gasteiger partial charge is 0.322 e. The summed E-state index contributed by atoms with van der Waals surface area (Å²) in [6.07, 6.45) is 3.44. The maximum Gasteiger partial charge on any atom is 0.255 e. The zero-order valence-corrected chi connectivity index (χ0v) is 13.5. The van der Waals surface area contributed by atoms with Crippen LogP contribution < -0.4 is 10.6 Å². The number of carbonyl (C=O) groups is 1. The molecule has 0 saturated heterocycles. The average molecular weight is 317 g/mol. The molecule has 1 aliphatic carbocycles. The minimum absolute atomic E-state index is 0. The van der Waals surface area contributed by atoms with Gasteiger partial charge in [-0.05, 0) is 67.3 Å². The maximum atomic E-state index is 12.3. The van der Waals surface area contributed by atoms with E-state index in [1.54, 1.807) is 0 Å². The molecule has 116 valence electrons. The zero-order valence-electron chi connectivity index (χ0n) is 12.7. The predicted octanol–water partition coefficient (Wildman–Crippen LogP) is 3.57. The second kappa shape index (κ2) is 7.43. The van der Waals surface area contributed by atoms with Crippen LogP contribution in [0.5, 0.6) is 0 Å². The number of halogens is 1. The van der Waals surface area contributed by atoms with Crippen molar-refractivity contribution in [2.75, 3.05) is 12.4 Å². The molecule has 3 rings (SSSR count). The molecule has 0 radical (unpaired) electrons. The van der Waals surface area contributed by atoms with E-state index in [1.165, 1.54) is 23.1 Å². The lowest BCUT2D eigenvalue weighted by molar-refractivity contribution is 0.102. The summed E-state index contributed by atoms with van der Waals surface area (Å²) in [5, 5.41) is 6.07. The summed E-state index contributed by atoms with van der Waals surface area (Å²) in [6.45, 7) is 0.832. The number of benzene rings is 2. The summed E-state index contributed by atoms with van der Waals surface area (Å²) in [6, 6.07) is 14.0. The van der Waals surface area contributed by atoms with Crippen molar-refractivity contribution >= 4 is 24.0 Å². The van der Waals surface area contributed by atoms with Gasteiger partial charge in [-0.25, -0.2) is 0 Å². The smallest absolute Gasteiger partial charge is 0.255 e. The fourth-order valence-electron chi connectivity index (χ4n) is 2.83. The third-order valence-electron chi connectivity index (χ3n) is 3.95. The predicted molar refractivity (Wildman–Crippen MR) is 92.9 cm³/mol. The number of anilines is 1. The van der Waals surface area contributed by atoms with Crippen molar-refractivity contribution < 1.29 is 4.79 Å². The summed E-state index contributed by atoms with van der Waals surface area (Å²) >= 11 is 0. The van der Waals surface area contributed by atoms with E-state index in [0.717, 1.165) is 30.6 Å². The number of fused-ring (bicyclic) bond motifs is 1. The monoisotopic (exact) mass is 316 g/mol. The van der Waals surface area contributed by atoms with Crippen LogP contribution in [0.1, 0.15) is 33.5 Å². The van der Waals surface area contributed by atoms with E-state index in [9.17, 15) is 4.79 Å². The first-order valence-electron chi connectivity index (χ1n) is 7.43. The van der Waals surface area contributed by atoms with Crippen molar-refractivity contribution in [3.63, 3.8) is 0 Å². The average Bonchev–Trinajstić information content (AvgIpc) is 2.97. The lowest BCUT2D eigenvalue weighted by Crippen LogP contribution is -2.12. The summed E-state index contributed by atoms with van der Waals surface area (Å²) in [5.74, 6) is -0.0360. The second-order valence-electron chi connectivity index (χ2n) is 5.52. The van der Waals surface area contributed by atoms with E-state index in [1.807, 2.05) is 43.4 Å². The van der Waals surface area contributed by atoms with Crippen molar-refractivity contribution in [3.05, 3.63) is 64.7 Å². The molecular formula is C18H21ClN2O. The second-order valence-corrected chi connectivity index (χ2v) is 5.52. The van der Waals surface area contributed by atoms with Gasteiger partial charge in [0.2, 0.25) is 0 Å². The van der Waals surface area contributed by atoms with Gasteiger partial charge in [-0.1, -0.05) is 18.2 Å². The minimum Gasteiger partial charge on any atom is -0.322 e. The third kappa shape index (κ3) is 3.67. The quantitative estimate of drug-likeness (QED) is 0.905. The van der Waals surface area contributed by atoms with Gasteiger partial charge < -0.3 is 10.6 Å². The number of hydrogen-bond donors (Lipinski definition) is 2. The Kier molecular flexibility index (Phi) is 5.58. The summed E-state index contributed by atoms with van der Waals surface area (Å²) in [4.78, 5) is 12.3. The number of rotatable bonds is 4.